The molecular formula is C12H13NO6. The molecule has 3 N–H and O–H groups in total. The molecule has 0 fully saturated rings. The van der Waals surface area contributed by atoms with Crippen molar-refractivity contribution in [2.75, 3.05) is 0 Å². The Morgan fingerprint density at radius 2 is 2.05 bits per heavy atom. The van der Waals surface area contributed by atoms with Crippen LogP contribution in [0.2, 0.25) is 0 Å². The summed E-state index contributed by atoms with van der Waals surface area (Å²) in [7, 11) is 0. The highest BCUT2D eigenvalue weighted by Gasteiger charge is 2.31. The minimum absolute atomic E-state index is 0.0334. The van der Waals surface area contributed by atoms with Crippen LogP contribution >= 0.6 is 0 Å². The van der Waals surface area contributed by atoms with Crippen molar-refractivity contribution in [2.45, 2.75) is 31.7 Å². The molecule has 1 atom stereocenters. The van der Waals surface area contributed by atoms with Crippen LogP contribution in [0.25, 0.3) is 0 Å². The normalized spacial score (nSPS) is 17.2. The maximum Gasteiger partial charge on any atom is 0.326 e. The smallest absolute Gasteiger partial charge is 0.326 e. The van der Waals surface area contributed by atoms with Crippen LogP contribution in [0, 0.1) is 0 Å². The summed E-state index contributed by atoms with van der Waals surface area (Å²) >= 11 is 0. The number of carboxylic acids is 2. The summed E-state index contributed by atoms with van der Waals surface area (Å²) in [5.74, 6) is -2.33. The van der Waals surface area contributed by atoms with Crippen LogP contribution in [0.4, 0.5) is 0 Å². The average molecular weight is 267 g/mol. The lowest BCUT2D eigenvalue weighted by molar-refractivity contribution is -0.141. The monoisotopic (exact) mass is 267 g/mol. The maximum absolute atomic E-state index is 12.1. The SMILES string of the molecule is O=C(O)CCc1cc(O)c2n(c1=O)[C@H](C(=O)O)CC2. The molecule has 0 unspecified atom stereocenters. The van der Waals surface area contributed by atoms with Crippen molar-refractivity contribution in [1.82, 2.24) is 4.57 Å². The summed E-state index contributed by atoms with van der Waals surface area (Å²) in [4.78, 5) is 33.7. The second-order valence-corrected chi connectivity index (χ2v) is 4.46. The van der Waals surface area contributed by atoms with Crippen molar-refractivity contribution in [1.29, 1.82) is 0 Å². The minimum atomic E-state index is -1.13. The van der Waals surface area contributed by atoms with E-state index in [2.05, 4.69) is 0 Å². The Labute approximate surface area is 107 Å². The zero-order valence-electron chi connectivity index (χ0n) is 10.00. The first kappa shape index (κ1) is 13.1. The van der Waals surface area contributed by atoms with Crippen LogP contribution in [0.5, 0.6) is 5.75 Å². The van der Waals surface area contributed by atoms with Gasteiger partial charge in [-0.2, -0.15) is 0 Å². The molecule has 0 aliphatic carbocycles. The van der Waals surface area contributed by atoms with E-state index in [1.807, 2.05) is 0 Å². The van der Waals surface area contributed by atoms with Gasteiger partial charge >= 0.3 is 11.9 Å². The first-order chi connectivity index (χ1) is 8.91. The molecule has 1 aromatic rings. The number of carboxylic acid groups (broad SMARTS) is 2. The van der Waals surface area contributed by atoms with Crippen molar-refractivity contribution in [2.24, 2.45) is 0 Å². The van der Waals surface area contributed by atoms with Gasteiger partial charge in [0.05, 0.1) is 5.69 Å². The quantitative estimate of drug-likeness (QED) is 0.714. The fraction of sp³-hybridized carbons (Fsp3) is 0.417. The number of aromatic nitrogens is 1. The molecule has 7 nitrogen and oxygen atoms in total. The zero-order chi connectivity index (χ0) is 14.2. The van der Waals surface area contributed by atoms with Gasteiger partial charge < -0.3 is 15.3 Å². The molecule has 2 heterocycles. The number of hydrogen-bond acceptors (Lipinski definition) is 4. The molecule has 0 aromatic carbocycles. The minimum Gasteiger partial charge on any atom is -0.506 e. The average Bonchev–Trinajstić information content (AvgIpc) is 2.77. The number of fused-ring (bicyclic) bond motifs is 1. The topological polar surface area (TPSA) is 117 Å². The number of aryl methyl sites for hydroxylation is 1. The molecule has 0 radical (unpaired) electrons. The molecule has 0 saturated carbocycles. The summed E-state index contributed by atoms with van der Waals surface area (Å²) in [5.41, 5.74) is -0.104. The molecule has 0 bridgehead atoms. The molecular weight excluding hydrogens is 254 g/mol. The molecule has 0 spiro atoms. The lowest BCUT2D eigenvalue weighted by Gasteiger charge is -2.12. The largest absolute Gasteiger partial charge is 0.506 e. The van der Waals surface area contributed by atoms with Crippen LogP contribution in [-0.4, -0.2) is 31.8 Å². The number of aromatic hydroxyl groups is 1. The van der Waals surface area contributed by atoms with E-state index in [9.17, 15) is 19.5 Å². The molecule has 0 amide bonds. The molecule has 19 heavy (non-hydrogen) atoms. The second-order valence-electron chi connectivity index (χ2n) is 4.46. The predicted molar refractivity (Wildman–Crippen MR) is 63.3 cm³/mol. The predicted octanol–water partition coefficient (Wildman–Crippen LogP) is 0.143. The van der Waals surface area contributed by atoms with Gasteiger partial charge in [-0.1, -0.05) is 0 Å². The highest BCUT2D eigenvalue weighted by Crippen LogP contribution is 2.30. The van der Waals surface area contributed by atoms with E-state index >= 15 is 0 Å². The van der Waals surface area contributed by atoms with Gasteiger partial charge in [0.1, 0.15) is 11.8 Å². The summed E-state index contributed by atoms with van der Waals surface area (Å²) < 4.78 is 1.06. The standard InChI is InChI=1S/C12H13NO6/c14-9-5-6(1-4-10(15)16)11(17)13-7(9)2-3-8(13)12(18)19/h5,8,14H,1-4H2,(H,15,16)(H,18,19)/t8-/m0/s1. The van der Waals surface area contributed by atoms with Crippen LogP contribution in [0.3, 0.4) is 0 Å². The van der Waals surface area contributed by atoms with Gasteiger partial charge in [-0.3, -0.25) is 14.2 Å². The van der Waals surface area contributed by atoms with E-state index in [0.717, 1.165) is 4.57 Å². The Balaban J connectivity index is 2.48. The number of rotatable bonds is 4. The van der Waals surface area contributed by atoms with E-state index in [4.69, 9.17) is 10.2 Å². The number of nitrogens with zero attached hydrogens (tertiary/aromatic N) is 1. The maximum atomic E-state index is 12.1. The number of aliphatic carboxylic acids is 2. The molecule has 7 heteroatoms. The lowest BCUT2D eigenvalue weighted by atomic mass is 10.1. The third-order valence-corrected chi connectivity index (χ3v) is 3.25. The fourth-order valence-corrected chi connectivity index (χ4v) is 2.35. The van der Waals surface area contributed by atoms with Crippen LogP contribution in [-0.2, 0) is 22.4 Å². The van der Waals surface area contributed by atoms with Crippen molar-refractivity contribution in [3.8, 4) is 5.75 Å². The van der Waals surface area contributed by atoms with Crippen LogP contribution in [0.1, 0.15) is 30.1 Å². The third kappa shape index (κ3) is 2.31. The number of carbonyl (C=O) groups is 2. The van der Waals surface area contributed by atoms with Gasteiger partial charge in [0.2, 0.25) is 0 Å². The molecule has 0 saturated heterocycles. The van der Waals surface area contributed by atoms with Gasteiger partial charge in [0.15, 0.2) is 0 Å². The molecule has 2 rings (SSSR count). The summed E-state index contributed by atoms with van der Waals surface area (Å²) in [5, 5.41) is 27.5. The third-order valence-electron chi connectivity index (χ3n) is 3.25. The highest BCUT2D eigenvalue weighted by molar-refractivity contribution is 5.73. The van der Waals surface area contributed by atoms with Gasteiger partial charge in [0.25, 0.3) is 5.56 Å². The van der Waals surface area contributed by atoms with Crippen LogP contribution < -0.4 is 5.56 Å². The van der Waals surface area contributed by atoms with E-state index in [0.29, 0.717) is 12.1 Å². The zero-order valence-corrected chi connectivity index (χ0v) is 10.00. The fourth-order valence-electron chi connectivity index (χ4n) is 2.35. The second kappa shape index (κ2) is 4.75. The highest BCUT2D eigenvalue weighted by atomic mass is 16.4. The molecule has 1 aromatic heterocycles. The first-order valence-electron chi connectivity index (χ1n) is 5.82. The van der Waals surface area contributed by atoms with Gasteiger partial charge in [-0.05, 0) is 25.3 Å². The Kier molecular flexibility index (Phi) is 3.28. The van der Waals surface area contributed by atoms with E-state index < -0.39 is 23.5 Å². The number of pyridine rings is 1. The number of hydrogen-bond donors (Lipinski definition) is 3. The molecule has 1 aliphatic rings. The molecule has 102 valence electrons. The van der Waals surface area contributed by atoms with E-state index in [1.54, 1.807) is 0 Å². The summed E-state index contributed by atoms with van der Waals surface area (Å²) in [6, 6.07) is 0.250. The van der Waals surface area contributed by atoms with Gasteiger partial charge in [-0.15, -0.1) is 0 Å². The van der Waals surface area contributed by atoms with E-state index in [1.165, 1.54) is 6.07 Å². The Morgan fingerprint density at radius 3 is 2.63 bits per heavy atom. The van der Waals surface area contributed by atoms with Crippen molar-refractivity contribution in [3.63, 3.8) is 0 Å². The molecule has 1 aliphatic heterocycles. The van der Waals surface area contributed by atoms with Crippen molar-refractivity contribution < 1.29 is 24.9 Å². The van der Waals surface area contributed by atoms with Gasteiger partial charge in [0, 0.05) is 12.0 Å². The first-order valence-corrected chi connectivity index (χ1v) is 5.82. The Bertz CT molecular complexity index is 603. The summed E-state index contributed by atoms with van der Waals surface area (Å²) in [6.45, 7) is 0. The Hall–Kier alpha value is -2.31. The summed E-state index contributed by atoms with van der Waals surface area (Å²) in [6.07, 6.45) is 0.290. The Morgan fingerprint density at radius 1 is 1.37 bits per heavy atom. The van der Waals surface area contributed by atoms with E-state index in [-0.39, 0.29) is 30.6 Å². The van der Waals surface area contributed by atoms with Crippen LogP contribution in [0.15, 0.2) is 10.9 Å². The lowest BCUT2D eigenvalue weighted by Crippen LogP contribution is -2.30. The van der Waals surface area contributed by atoms with Crippen molar-refractivity contribution in [3.05, 3.63) is 27.7 Å². The van der Waals surface area contributed by atoms with Gasteiger partial charge in [-0.25, -0.2) is 4.79 Å². The van der Waals surface area contributed by atoms with Crippen molar-refractivity contribution >= 4 is 11.9 Å².